The lowest BCUT2D eigenvalue weighted by Gasteiger charge is -2.32. The Morgan fingerprint density at radius 2 is 1.61 bits per heavy atom. The first-order chi connectivity index (χ1) is 26.8. The first-order valence-electron chi connectivity index (χ1n) is 18.2. The van der Waals surface area contributed by atoms with Crippen LogP contribution in [0.25, 0.3) is 11.1 Å². The number of benzene rings is 3. The quantitative estimate of drug-likeness (QED) is 0.126. The minimum Gasteiger partial charge on any atom is -0.492 e. The van der Waals surface area contributed by atoms with Gasteiger partial charge in [0.15, 0.2) is 0 Å². The van der Waals surface area contributed by atoms with Gasteiger partial charge in [0.1, 0.15) is 55.1 Å². The first-order valence-corrected chi connectivity index (χ1v) is 18.2. The molecule has 0 radical (unpaired) electrons. The summed E-state index contributed by atoms with van der Waals surface area (Å²) in [5.41, 5.74) is 21.2. The summed E-state index contributed by atoms with van der Waals surface area (Å²) in [6.07, 6.45) is -0.0666. The van der Waals surface area contributed by atoms with E-state index in [4.69, 9.17) is 31.9 Å². The molecular formula is C40H49N9O7. The molecule has 0 spiro atoms. The van der Waals surface area contributed by atoms with Crippen molar-refractivity contribution in [3.8, 4) is 28.7 Å². The number of likely N-dealkylation sites (N-methyl/N-ethyl adjacent to an activating group) is 1. The molecule has 0 aliphatic carbocycles. The highest BCUT2D eigenvalue weighted by Gasteiger charge is 2.35. The molecule has 1 aliphatic rings. The number of carbonyl (C=O) groups is 5. The van der Waals surface area contributed by atoms with E-state index in [-0.39, 0.29) is 57.9 Å². The van der Waals surface area contributed by atoms with E-state index in [0.717, 1.165) is 11.1 Å². The average Bonchev–Trinajstić information content (AvgIpc) is 3.17. The summed E-state index contributed by atoms with van der Waals surface area (Å²) >= 11 is 0. The number of rotatable bonds is 14. The van der Waals surface area contributed by atoms with Gasteiger partial charge >= 0.3 is 0 Å². The summed E-state index contributed by atoms with van der Waals surface area (Å²) in [6, 6.07) is 13.4. The van der Waals surface area contributed by atoms with Gasteiger partial charge in [0, 0.05) is 43.2 Å². The summed E-state index contributed by atoms with van der Waals surface area (Å²) in [4.78, 5) is 74.2. The molecule has 9 N–H and O–H groups in total. The van der Waals surface area contributed by atoms with Gasteiger partial charge in [0.25, 0.3) is 17.7 Å². The predicted octanol–water partition coefficient (Wildman–Crippen LogP) is 0.961. The number of carbonyl (C=O) groups excluding carboxylic acids is 5. The number of nitrogens with one attached hydrogen (secondary N) is 3. The molecule has 5 amide bonds. The fourth-order valence-corrected chi connectivity index (χ4v) is 6.24. The number of nitriles is 1. The lowest BCUT2D eigenvalue weighted by atomic mass is 9.94. The van der Waals surface area contributed by atoms with Crippen molar-refractivity contribution in [2.24, 2.45) is 22.2 Å². The van der Waals surface area contributed by atoms with Crippen molar-refractivity contribution in [2.45, 2.75) is 51.7 Å². The van der Waals surface area contributed by atoms with Gasteiger partial charge in [-0.05, 0) is 80.8 Å². The molecule has 4 rings (SSSR count). The Labute approximate surface area is 325 Å². The highest BCUT2D eigenvalue weighted by atomic mass is 16.5. The second-order valence-corrected chi connectivity index (χ2v) is 13.3. The number of hydrogen-bond donors (Lipinski definition) is 6. The molecule has 0 fully saturated rings. The molecule has 16 nitrogen and oxygen atoms in total. The number of ether oxygens (including phenoxy) is 2. The van der Waals surface area contributed by atoms with Gasteiger partial charge in [0.2, 0.25) is 11.8 Å². The number of amides is 5. The van der Waals surface area contributed by atoms with Crippen LogP contribution in [-0.4, -0.2) is 98.7 Å². The summed E-state index contributed by atoms with van der Waals surface area (Å²) in [6.45, 7) is 5.50. The number of aliphatic imine (C=N–C) groups is 1. The Balaban J connectivity index is 1.91. The van der Waals surface area contributed by atoms with E-state index in [0.29, 0.717) is 39.3 Å². The summed E-state index contributed by atoms with van der Waals surface area (Å²) < 4.78 is 12.1. The minimum atomic E-state index is -1.37. The third-order valence-corrected chi connectivity index (χ3v) is 9.01. The van der Waals surface area contributed by atoms with E-state index >= 15 is 0 Å². The van der Waals surface area contributed by atoms with Gasteiger partial charge in [-0.15, -0.1) is 0 Å². The van der Waals surface area contributed by atoms with Crippen molar-refractivity contribution in [3.63, 3.8) is 0 Å². The zero-order valence-electron chi connectivity index (χ0n) is 32.0. The van der Waals surface area contributed by atoms with Crippen LogP contribution in [0.1, 0.15) is 52.0 Å². The van der Waals surface area contributed by atoms with Crippen LogP contribution in [0.15, 0.2) is 59.6 Å². The Bertz CT molecular complexity index is 2030. The van der Waals surface area contributed by atoms with E-state index < -0.39 is 47.7 Å². The Hall–Kier alpha value is -6.15. The van der Waals surface area contributed by atoms with Gasteiger partial charge in [-0.25, -0.2) is 4.99 Å². The maximum Gasteiger partial charge on any atom is 0.268 e. The maximum absolute atomic E-state index is 14.4. The zero-order valence-corrected chi connectivity index (χ0v) is 32.0. The number of nitrogens with zero attached hydrogens (tertiary/aromatic N) is 3. The van der Waals surface area contributed by atoms with Crippen LogP contribution in [0.4, 0.5) is 0 Å². The van der Waals surface area contributed by atoms with Crippen molar-refractivity contribution in [3.05, 3.63) is 82.4 Å². The van der Waals surface area contributed by atoms with Crippen LogP contribution < -0.4 is 42.6 Å². The normalized spacial score (nSPS) is 15.9. The van der Waals surface area contributed by atoms with E-state index in [2.05, 4.69) is 20.9 Å². The van der Waals surface area contributed by atoms with E-state index in [1.165, 1.54) is 18.9 Å². The molecule has 0 unspecified atom stereocenters. The molecule has 3 aromatic carbocycles. The van der Waals surface area contributed by atoms with Crippen molar-refractivity contribution in [1.29, 1.82) is 5.26 Å². The second kappa shape index (κ2) is 20.0. The minimum absolute atomic E-state index is 0.0430. The molecule has 0 saturated heterocycles. The van der Waals surface area contributed by atoms with Gasteiger partial charge < -0.3 is 47.5 Å². The molecule has 56 heavy (non-hydrogen) atoms. The van der Waals surface area contributed by atoms with Gasteiger partial charge in [0.05, 0.1) is 6.07 Å². The fourth-order valence-electron chi connectivity index (χ4n) is 6.24. The van der Waals surface area contributed by atoms with Crippen LogP contribution in [0.5, 0.6) is 11.5 Å². The molecule has 0 saturated carbocycles. The lowest BCUT2D eigenvalue weighted by Crippen LogP contribution is -2.52. The van der Waals surface area contributed by atoms with Gasteiger partial charge in [-0.2, -0.15) is 5.26 Å². The summed E-state index contributed by atoms with van der Waals surface area (Å²) in [5.74, 6) is -2.70. The highest BCUT2D eigenvalue weighted by Crippen LogP contribution is 2.40. The van der Waals surface area contributed by atoms with Crippen LogP contribution in [0.2, 0.25) is 0 Å². The van der Waals surface area contributed by atoms with Crippen molar-refractivity contribution < 1.29 is 33.4 Å². The van der Waals surface area contributed by atoms with Crippen LogP contribution in [0, 0.1) is 25.2 Å². The molecule has 3 atom stereocenters. The monoisotopic (exact) mass is 767 g/mol. The molecule has 0 aromatic heterocycles. The van der Waals surface area contributed by atoms with E-state index in [1.807, 2.05) is 19.1 Å². The zero-order chi connectivity index (χ0) is 40.9. The average molecular weight is 768 g/mol. The molecule has 1 aliphatic heterocycles. The fraction of sp³-hybridized carbons (Fsp3) is 0.375. The molecule has 16 heteroatoms. The van der Waals surface area contributed by atoms with E-state index in [1.54, 1.807) is 55.5 Å². The van der Waals surface area contributed by atoms with Crippen molar-refractivity contribution in [1.82, 2.24) is 20.9 Å². The maximum atomic E-state index is 14.4. The van der Waals surface area contributed by atoms with Gasteiger partial charge in [-0.1, -0.05) is 29.8 Å². The standard InChI is InChI=1S/C40H49N9O7/c1-23-5-8-28(24(2)19-23)37(51)47-31(11-12-41)40(54)49(4)35-27-7-10-34(56-18-15-44)30(22-27)29-20-26(6-9-33(29)55-17-14-43)21-32(38(52)45-16-13-42)48-36(50)25(3)46-39(35)53/h5-10,19-20,22,25,31,35H,11-12,14-18,21,41,43-44H2,1-4H3,(H,45,52)(H,46,53)(H,47,51)/t25-,31-,35-/m0/s1. The van der Waals surface area contributed by atoms with Crippen LogP contribution in [-0.2, 0) is 25.6 Å². The van der Waals surface area contributed by atoms with E-state index in [9.17, 15) is 24.0 Å². The Kier molecular flexibility index (Phi) is 15.2. The third kappa shape index (κ3) is 10.5. The number of nitrogens with two attached hydrogens (primary N) is 3. The Morgan fingerprint density at radius 1 is 0.946 bits per heavy atom. The molecule has 1 heterocycles. The summed E-state index contributed by atoms with van der Waals surface area (Å²) in [5, 5.41) is 17.0. The topological polar surface area (TPSA) is 257 Å². The van der Waals surface area contributed by atoms with Gasteiger partial charge in [-0.3, -0.25) is 24.0 Å². The predicted molar refractivity (Wildman–Crippen MR) is 210 cm³/mol. The number of hydrogen-bond acceptors (Lipinski definition) is 11. The first kappa shape index (κ1) is 42.6. The molecular weight excluding hydrogens is 718 g/mol. The third-order valence-electron chi connectivity index (χ3n) is 9.01. The number of fused-ring (bicyclic) bond motifs is 5. The lowest BCUT2D eigenvalue weighted by molar-refractivity contribution is -0.141. The van der Waals surface area contributed by atoms with Crippen molar-refractivity contribution in [2.75, 3.05) is 46.4 Å². The van der Waals surface area contributed by atoms with Crippen LogP contribution >= 0.6 is 0 Å². The van der Waals surface area contributed by atoms with Crippen LogP contribution in [0.3, 0.4) is 0 Å². The molecule has 4 bridgehead atoms. The Morgan fingerprint density at radius 3 is 2.23 bits per heavy atom. The highest BCUT2D eigenvalue weighted by molar-refractivity contribution is 6.41. The van der Waals surface area contributed by atoms with Crippen molar-refractivity contribution >= 4 is 35.2 Å². The largest absolute Gasteiger partial charge is 0.492 e. The second-order valence-electron chi connectivity index (χ2n) is 13.3. The summed E-state index contributed by atoms with van der Waals surface area (Å²) in [7, 11) is 1.42. The molecule has 296 valence electrons. The SMILES string of the molecule is Cc1ccc(C(=O)N[C@@H](CCN)C(=O)N(C)[C@@H]2C(=O)N[C@@H](C)C(=O)N=C(C(=O)NCC#N)Cc3ccc(OCCN)c(c3)-c3cc2ccc3OCCN)c(C)c1. The smallest absolute Gasteiger partial charge is 0.268 e. The number of aryl methyl sites for hydroxylation is 2. The molecule has 3 aromatic rings.